The van der Waals surface area contributed by atoms with Gasteiger partial charge in [0.1, 0.15) is 0 Å². The van der Waals surface area contributed by atoms with Crippen LogP contribution in [0.5, 0.6) is 0 Å². The van der Waals surface area contributed by atoms with E-state index in [1.807, 2.05) is 26.0 Å². The number of anilines is 1. The van der Waals surface area contributed by atoms with Gasteiger partial charge < -0.3 is 11.1 Å². The normalized spacial score (nSPS) is 9.77. The van der Waals surface area contributed by atoms with Crippen LogP contribution in [-0.4, -0.2) is 5.11 Å². The highest BCUT2D eigenvalue weighted by atomic mass is 79.9. The van der Waals surface area contributed by atoms with E-state index >= 15 is 0 Å². The number of halogens is 1. The maximum atomic E-state index is 5.39. The molecule has 0 fully saturated rings. The van der Waals surface area contributed by atoms with Crippen LogP contribution in [0.25, 0.3) is 0 Å². The zero-order valence-corrected chi connectivity index (χ0v) is 9.92. The van der Waals surface area contributed by atoms with Crippen molar-refractivity contribution in [2.45, 2.75) is 13.8 Å². The molecule has 0 aliphatic heterocycles. The third-order valence-corrected chi connectivity index (χ3v) is 2.72. The summed E-state index contributed by atoms with van der Waals surface area (Å²) in [5, 5.41) is 3.23. The lowest BCUT2D eigenvalue weighted by Crippen LogP contribution is -2.19. The van der Waals surface area contributed by atoms with Crippen molar-refractivity contribution in [1.29, 1.82) is 0 Å². The largest absolute Gasteiger partial charge is 0.376 e. The number of nitrogens with one attached hydrogen (secondary N) is 1. The van der Waals surface area contributed by atoms with Crippen LogP contribution in [0.1, 0.15) is 11.1 Å². The van der Waals surface area contributed by atoms with Crippen LogP contribution in [0.4, 0.5) is 5.69 Å². The molecular weight excluding hydrogens is 248 g/mol. The quantitative estimate of drug-likeness (QED) is 0.761. The third kappa shape index (κ3) is 2.67. The first-order valence-corrected chi connectivity index (χ1v) is 5.04. The molecule has 0 heterocycles. The number of hydrogen-bond donors (Lipinski definition) is 2. The molecule has 4 heteroatoms. The molecule has 0 amide bonds. The molecule has 3 N–H and O–H groups in total. The van der Waals surface area contributed by atoms with Gasteiger partial charge in [0, 0.05) is 10.2 Å². The van der Waals surface area contributed by atoms with Crippen LogP contribution in [0.2, 0.25) is 0 Å². The Hall–Kier alpha value is -0.610. The van der Waals surface area contributed by atoms with Gasteiger partial charge in [0.15, 0.2) is 5.11 Å². The van der Waals surface area contributed by atoms with Crippen molar-refractivity contribution < 1.29 is 0 Å². The van der Waals surface area contributed by atoms with Crippen molar-refractivity contribution in [3.05, 3.63) is 27.7 Å². The zero-order chi connectivity index (χ0) is 10.0. The highest BCUT2D eigenvalue weighted by molar-refractivity contribution is 9.10. The Bertz CT molecular complexity index is 350. The predicted molar refractivity (Wildman–Crippen MR) is 64.0 cm³/mol. The molecule has 0 saturated carbocycles. The summed E-state index contributed by atoms with van der Waals surface area (Å²) in [7, 11) is 0. The lowest BCUT2D eigenvalue weighted by atomic mass is 10.1. The number of benzene rings is 1. The van der Waals surface area contributed by atoms with E-state index in [0.717, 1.165) is 21.3 Å². The van der Waals surface area contributed by atoms with Crippen LogP contribution in [0.3, 0.4) is 0 Å². The van der Waals surface area contributed by atoms with E-state index in [0.29, 0.717) is 5.11 Å². The van der Waals surface area contributed by atoms with Gasteiger partial charge in [-0.3, -0.25) is 0 Å². The van der Waals surface area contributed by atoms with Crippen LogP contribution < -0.4 is 11.1 Å². The minimum atomic E-state index is 0.296. The standard InChI is InChI=1S/C9H11BrN2S/c1-5-4-8(12-9(11)13)6(2)3-7(5)10/h3-4H,1-2H3,(H3,11,12,13). The summed E-state index contributed by atoms with van der Waals surface area (Å²) in [6.07, 6.45) is 0. The minimum absolute atomic E-state index is 0.296. The Balaban J connectivity index is 3.08. The summed E-state index contributed by atoms with van der Waals surface area (Å²) < 4.78 is 1.10. The number of nitrogens with two attached hydrogens (primary N) is 1. The first-order chi connectivity index (χ1) is 6.00. The second-order valence-electron chi connectivity index (χ2n) is 2.91. The predicted octanol–water partition coefficient (Wildman–Crippen LogP) is 2.72. The van der Waals surface area contributed by atoms with Gasteiger partial charge in [0.25, 0.3) is 0 Å². The van der Waals surface area contributed by atoms with E-state index in [9.17, 15) is 0 Å². The summed E-state index contributed by atoms with van der Waals surface area (Å²) in [6.45, 7) is 4.03. The Morgan fingerprint density at radius 1 is 1.38 bits per heavy atom. The van der Waals surface area contributed by atoms with E-state index in [1.54, 1.807) is 0 Å². The highest BCUT2D eigenvalue weighted by Crippen LogP contribution is 2.24. The van der Waals surface area contributed by atoms with Crippen molar-refractivity contribution in [2.75, 3.05) is 5.32 Å². The van der Waals surface area contributed by atoms with Gasteiger partial charge in [-0.25, -0.2) is 0 Å². The first kappa shape index (κ1) is 10.5. The summed E-state index contributed by atoms with van der Waals surface area (Å²) >= 11 is 8.22. The fourth-order valence-electron chi connectivity index (χ4n) is 1.05. The summed E-state index contributed by atoms with van der Waals surface area (Å²) in [6, 6.07) is 4.05. The molecule has 1 aromatic rings. The average molecular weight is 259 g/mol. The van der Waals surface area contributed by atoms with Gasteiger partial charge in [-0.05, 0) is 49.3 Å². The number of hydrogen-bond acceptors (Lipinski definition) is 1. The molecule has 0 aliphatic carbocycles. The molecule has 0 radical (unpaired) electrons. The van der Waals surface area contributed by atoms with E-state index in [1.165, 1.54) is 0 Å². The Kier molecular flexibility index (Phi) is 3.27. The molecule has 0 aliphatic rings. The number of thiocarbonyl (C=S) groups is 1. The smallest absolute Gasteiger partial charge is 0.168 e. The fraction of sp³-hybridized carbons (Fsp3) is 0.222. The maximum Gasteiger partial charge on any atom is 0.168 e. The first-order valence-electron chi connectivity index (χ1n) is 3.84. The summed E-state index contributed by atoms with van der Waals surface area (Å²) in [5.41, 5.74) is 8.63. The molecule has 0 bridgehead atoms. The monoisotopic (exact) mass is 258 g/mol. The molecule has 70 valence electrons. The Labute approximate surface area is 91.6 Å². The van der Waals surface area contributed by atoms with Crippen LogP contribution in [-0.2, 0) is 0 Å². The molecular formula is C9H11BrN2S. The maximum absolute atomic E-state index is 5.39. The fourth-order valence-corrected chi connectivity index (χ4v) is 1.62. The molecule has 0 spiro atoms. The van der Waals surface area contributed by atoms with Gasteiger partial charge in [0.05, 0.1) is 0 Å². The van der Waals surface area contributed by atoms with Gasteiger partial charge in [0.2, 0.25) is 0 Å². The minimum Gasteiger partial charge on any atom is -0.376 e. The van der Waals surface area contributed by atoms with Crippen molar-refractivity contribution in [1.82, 2.24) is 0 Å². The lowest BCUT2D eigenvalue weighted by molar-refractivity contribution is 1.36. The van der Waals surface area contributed by atoms with Gasteiger partial charge in [-0.1, -0.05) is 15.9 Å². The van der Waals surface area contributed by atoms with E-state index in [-0.39, 0.29) is 0 Å². The lowest BCUT2D eigenvalue weighted by Gasteiger charge is -2.09. The van der Waals surface area contributed by atoms with Crippen molar-refractivity contribution >= 4 is 38.9 Å². The Morgan fingerprint density at radius 2 is 2.00 bits per heavy atom. The number of aryl methyl sites for hydroxylation is 2. The second-order valence-corrected chi connectivity index (χ2v) is 4.20. The van der Waals surface area contributed by atoms with Gasteiger partial charge >= 0.3 is 0 Å². The van der Waals surface area contributed by atoms with Gasteiger partial charge in [-0.2, -0.15) is 0 Å². The van der Waals surface area contributed by atoms with E-state index in [2.05, 4.69) is 21.2 Å². The number of rotatable bonds is 1. The molecule has 1 aromatic carbocycles. The van der Waals surface area contributed by atoms with E-state index < -0.39 is 0 Å². The van der Waals surface area contributed by atoms with Crippen LogP contribution in [0.15, 0.2) is 16.6 Å². The molecule has 0 aromatic heterocycles. The molecule has 13 heavy (non-hydrogen) atoms. The van der Waals surface area contributed by atoms with E-state index in [4.69, 9.17) is 18.0 Å². The SMILES string of the molecule is Cc1cc(NC(N)=S)c(C)cc1Br. The zero-order valence-electron chi connectivity index (χ0n) is 7.52. The summed E-state index contributed by atoms with van der Waals surface area (Å²) in [5.74, 6) is 0. The van der Waals surface area contributed by atoms with Crippen molar-refractivity contribution in [3.8, 4) is 0 Å². The molecule has 0 unspecified atom stereocenters. The molecule has 0 saturated heterocycles. The van der Waals surface area contributed by atoms with Crippen LogP contribution in [0, 0.1) is 13.8 Å². The average Bonchev–Trinajstić information content (AvgIpc) is 1.99. The summed E-state index contributed by atoms with van der Waals surface area (Å²) in [4.78, 5) is 0. The topological polar surface area (TPSA) is 38.0 Å². The van der Waals surface area contributed by atoms with Crippen molar-refractivity contribution in [2.24, 2.45) is 5.73 Å². The van der Waals surface area contributed by atoms with Gasteiger partial charge in [-0.15, -0.1) is 0 Å². The molecule has 0 atom stereocenters. The second kappa shape index (κ2) is 4.07. The van der Waals surface area contributed by atoms with Crippen LogP contribution >= 0.6 is 28.1 Å². The molecule has 1 rings (SSSR count). The molecule has 2 nitrogen and oxygen atoms in total. The Morgan fingerprint density at radius 3 is 2.54 bits per heavy atom. The highest BCUT2D eigenvalue weighted by Gasteiger charge is 2.02. The van der Waals surface area contributed by atoms with Crippen molar-refractivity contribution in [3.63, 3.8) is 0 Å². The third-order valence-electron chi connectivity index (χ3n) is 1.76.